The first kappa shape index (κ1) is 18.8. The number of aryl methyl sites for hydroxylation is 2. The summed E-state index contributed by atoms with van der Waals surface area (Å²) in [5.41, 5.74) is 7.91. The summed E-state index contributed by atoms with van der Waals surface area (Å²) in [6.45, 7) is 8.09. The van der Waals surface area contributed by atoms with Gasteiger partial charge in [-0.15, -0.1) is 11.3 Å². The minimum atomic E-state index is -3.68. The van der Waals surface area contributed by atoms with Crippen LogP contribution in [0.2, 0.25) is 0 Å². The van der Waals surface area contributed by atoms with Gasteiger partial charge in [-0.05, 0) is 44.9 Å². The molecule has 0 amide bonds. The largest absolute Gasteiger partial charge is 0.280 e. The van der Waals surface area contributed by atoms with Crippen molar-refractivity contribution in [3.8, 4) is 0 Å². The van der Waals surface area contributed by atoms with E-state index in [0.717, 1.165) is 19.8 Å². The smallest absolute Gasteiger partial charge is 0.263 e. The van der Waals surface area contributed by atoms with Crippen LogP contribution in [0, 0.1) is 19.8 Å². The van der Waals surface area contributed by atoms with E-state index in [2.05, 4.69) is 45.4 Å². The Morgan fingerprint density at radius 3 is 2.48 bits per heavy atom. The van der Waals surface area contributed by atoms with Gasteiger partial charge < -0.3 is 0 Å². The molecule has 1 aliphatic heterocycles. The fourth-order valence-electron chi connectivity index (χ4n) is 3.24. The Hall–Kier alpha value is -0.930. The molecule has 3 unspecified atom stereocenters. The molecule has 0 saturated carbocycles. The molecule has 0 aliphatic carbocycles. The monoisotopic (exact) mass is 443 g/mol. The minimum Gasteiger partial charge on any atom is -0.280 e. The maximum atomic E-state index is 13.1. The summed E-state index contributed by atoms with van der Waals surface area (Å²) in [6, 6.07) is 7.41. The van der Waals surface area contributed by atoms with Crippen LogP contribution in [-0.4, -0.2) is 14.5 Å². The highest BCUT2D eigenvalue weighted by Crippen LogP contribution is 2.41. The molecule has 1 aliphatic rings. The molecule has 3 N–H and O–H groups in total. The molecule has 1 fully saturated rings. The van der Waals surface area contributed by atoms with Crippen LogP contribution in [-0.2, 0) is 10.0 Å². The van der Waals surface area contributed by atoms with E-state index < -0.39 is 10.0 Å². The van der Waals surface area contributed by atoms with Gasteiger partial charge in [0, 0.05) is 31.5 Å². The lowest BCUT2D eigenvalue weighted by Crippen LogP contribution is -2.29. The topological polar surface area (TPSA) is 70.2 Å². The highest BCUT2D eigenvalue weighted by Gasteiger charge is 2.37. The summed E-state index contributed by atoms with van der Waals surface area (Å²) in [5.74, 6) is 0.285. The highest BCUT2D eigenvalue weighted by molar-refractivity contribution is 9.10. The summed E-state index contributed by atoms with van der Waals surface area (Å²) in [4.78, 5) is 2.24. The molecular formula is C17H22BrN3O2S2. The van der Waals surface area contributed by atoms with Crippen molar-refractivity contribution in [3.63, 3.8) is 0 Å². The Bertz CT molecular complexity index is 895. The van der Waals surface area contributed by atoms with E-state index in [1.807, 2.05) is 19.9 Å². The first-order valence-corrected chi connectivity index (χ1v) is 11.2. The zero-order valence-corrected chi connectivity index (χ0v) is 17.8. The zero-order chi connectivity index (χ0) is 18.4. The number of thiophene rings is 1. The summed E-state index contributed by atoms with van der Waals surface area (Å²) >= 11 is 4.91. The zero-order valence-electron chi connectivity index (χ0n) is 14.6. The van der Waals surface area contributed by atoms with Crippen LogP contribution >= 0.6 is 27.3 Å². The van der Waals surface area contributed by atoms with Gasteiger partial charge >= 0.3 is 0 Å². The molecule has 1 saturated heterocycles. The molecule has 25 heavy (non-hydrogen) atoms. The normalized spacial score (nSPS) is 23.8. The second-order valence-corrected chi connectivity index (χ2v) is 10.5. The van der Waals surface area contributed by atoms with Crippen LogP contribution in [0.4, 0.5) is 5.69 Å². The second-order valence-electron chi connectivity index (χ2n) is 6.49. The van der Waals surface area contributed by atoms with Gasteiger partial charge in [-0.25, -0.2) is 13.8 Å². The van der Waals surface area contributed by atoms with Crippen molar-refractivity contribution in [2.45, 2.75) is 44.7 Å². The number of halogens is 1. The second kappa shape index (κ2) is 7.00. The molecular weight excluding hydrogens is 422 g/mol. The summed E-state index contributed by atoms with van der Waals surface area (Å²) in [6.07, 6.45) is 0. The fourth-order valence-corrected chi connectivity index (χ4v) is 6.65. The SMILES string of the molecule is Cc1sc(C)c(S(=O)(=O)Nc2cccc(Br)c2)c1C1NNC(C)C1C. The van der Waals surface area contributed by atoms with Gasteiger partial charge in [-0.2, -0.15) is 0 Å². The maximum Gasteiger partial charge on any atom is 0.263 e. The van der Waals surface area contributed by atoms with Gasteiger partial charge in [-0.1, -0.05) is 28.9 Å². The van der Waals surface area contributed by atoms with Crippen molar-refractivity contribution in [1.29, 1.82) is 0 Å². The molecule has 3 rings (SSSR count). The Morgan fingerprint density at radius 2 is 1.88 bits per heavy atom. The first-order valence-electron chi connectivity index (χ1n) is 8.10. The molecule has 5 nitrogen and oxygen atoms in total. The molecule has 2 heterocycles. The fraction of sp³-hybridized carbons (Fsp3) is 0.412. The Morgan fingerprint density at radius 1 is 1.16 bits per heavy atom. The van der Waals surface area contributed by atoms with Crippen molar-refractivity contribution in [3.05, 3.63) is 44.1 Å². The third kappa shape index (κ3) is 3.64. The molecule has 1 aromatic heterocycles. The number of hydrazine groups is 1. The van der Waals surface area contributed by atoms with Crippen molar-refractivity contribution < 1.29 is 8.42 Å². The molecule has 8 heteroatoms. The number of benzene rings is 1. The van der Waals surface area contributed by atoms with E-state index in [-0.39, 0.29) is 18.0 Å². The maximum absolute atomic E-state index is 13.1. The van der Waals surface area contributed by atoms with Crippen molar-refractivity contribution >= 4 is 43.0 Å². The Balaban J connectivity index is 2.04. The predicted octanol–water partition coefficient (Wildman–Crippen LogP) is 4.10. The predicted molar refractivity (Wildman–Crippen MR) is 106 cm³/mol. The summed E-state index contributed by atoms with van der Waals surface area (Å²) < 4.78 is 29.8. The lowest BCUT2D eigenvalue weighted by molar-refractivity contribution is 0.469. The molecule has 0 radical (unpaired) electrons. The van der Waals surface area contributed by atoms with Gasteiger partial charge in [0.1, 0.15) is 4.90 Å². The molecule has 0 spiro atoms. The van der Waals surface area contributed by atoms with Crippen LogP contribution in [0.25, 0.3) is 0 Å². The van der Waals surface area contributed by atoms with Crippen molar-refractivity contribution in [2.24, 2.45) is 5.92 Å². The third-order valence-electron chi connectivity index (χ3n) is 4.69. The molecule has 0 bridgehead atoms. The minimum absolute atomic E-state index is 0.0333. The van der Waals surface area contributed by atoms with E-state index >= 15 is 0 Å². The van der Waals surface area contributed by atoms with Gasteiger partial charge in [0.05, 0.1) is 6.04 Å². The van der Waals surface area contributed by atoms with E-state index in [1.165, 1.54) is 11.3 Å². The number of hydrogen-bond donors (Lipinski definition) is 3. The Labute approximate surface area is 161 Å². The van der Waals surface area contributed by atoms with Gasteiger partial charge in [0.25, 0.3) is 10.0 Å². The van der Waals surface area contributed by atoms with E-state index in [1.54, 1.807) is 18.2 Å². The van der Waals surface area contributed by atoms with Crippen LogP contribution in [0.5, 0.6) is 0 Å². The molecule has 2 aromatic rings. The van der Waals surface area contributed by atoms with Gasteiger partial charge in [0.2, 0.25) is 0 Å². The Kier molecular flexibility index (Phi) is 5.28. The number of hydrogen-bond acceptors (Lipinski definition) is 5. The van der Waals surface area contributed by atoms with Crippen LogP contribution in [0.15, 0.2) is 33.6 Å². The lowest BCUT2D eigenvalue weighted by atomic mass is 9.92. The van der Waals surface area contributed by atoms with Crippen LogP contribution < -0.4 is 15.6 Å². The summed E-state index contributed by atoms with van der Waals surface area (Å²) in [7, 11) is -3.68. The molecule has 1 aromatic carbocycles. The lowest BCUT2D eigenvalue weighted by Gasteiger charge is -2.19. The van der Waals surface area contributed by atoms with Crippen LogP contribution in [0.3, 0.4) is 0 Å². The van der Waals surface area contributed by atoms with Gasteiger partial charge in [-0.3, -0.25) is 10.1 Å². The number of rotatable bonds is 4. The number of anilines is 1. The van der Waals surface area contributed by atoms with Crippen molar-refractivity contribution in [1.82, 2.24) is 10.9 Å². The first-order chi connectivity index (χ1) is 11.7. The van der Waals surface area contributed by atoms with Gasteiger partial charge in [0.15, 0.2) is 0 Å². The van der Waals surface area contributed by atoms with E-state index in [9.17, 15) is 8.42 Å². The summed E-state index contributed by atoms with van der Waals surface area (Å²) in [5, 5.41) is 0. The van der Waals surface area contributed by atoms with E-state index in [0.29, 0.717) is 10.6 Å². The number of nitrogens with one attached hydrogen (secondary N) is 3. The molecule has 136 valence electrons. The van der Waals surface area contributed by atoms with Crippen molar-refractivity contribution in [2.75, 3.05) is 4.72 Å². The highest BCUT2D eigenvalue weighted by atomic mass is 79.9. The van der Waals surface area contributed by atoms with Crippen LogP contribution in [0.1, 0.15) is 35.2 Å². The third-order valence-corrected chi connectivity index (χ3v) is 7.91. The molecule has 3 atom stereocenters. The average molecular weight is 444 g/mol. The quantitative estimate of drug-likeness (QED) is 0.664. The van der Waals surface area contributed by atoms with E-state index in [4.69, 9.17) is 0 Å². The number of sulfonamides is 1. The average Bonchev–Trinajstić information content (AvgIpc) is 2.98. The standard InChI is InChI=1S/C17H22BrN3O2S2/c1-9-10(2)19-20-16(9)15-11(3)24-12(4)17(15)25(22,23)21-14-7-5-6-13(18)8-14/h5-10,16,19-21H,1-4H3.